The molecule has 0 atom stereocenters. The normalized spacial score (nSPS) is 12.1. The van der Waals surface area contributed by atoms with Crippen molar-refractivity contribution in [1.29, 1.82) is 0 Å². The largest absolute Gasteiger partial charge is 0.264 e. The molecule has 0 saturated carbocycles. The van der Waals surface area contributed by atoms with Crippen LogP contribution in [-0.2, 0) is 9.05 Å². The first-order valence-electron chi connectivity index (χ1n) is 3.17. The van der Waals surface area contributed by atoms with E-state index < -0.39 is 9.05 Å². The Morgan fingerprint density at radius 3 is 2.85 bits per heavy atom. The Hall–Kier alpha value is -1.21. The van der Waals surface area contributed by atoms with Crippen LogP contribution in [0.4, 0.5) is 0 Å². The average molecular weight is 219 g/mol. The van der Waals surface area contributed by atoms with Gasteiger partial charge in [-0.15, -0.1) is 0 Å². The fraction of sp³-hybridized carbons (Fsp3) is 0. The van der Waals surface area contributed by atoms with Crippen molar-refractivity contribution in [2.75, 3.05) is 0 Å². The highest BCUT2D eigenvalue weighted by Crippen LogP contribution is 2.12. The smallest absolute Gasteiger partial charge is 0.218 e. The summed E-state index contributed by atoms with van der Waals surface area (Å²) in [5.74, 6) is 0.323. The van der Waals surface area contributed by atoms with Crippen LogP contribution in [0.2, 0.25) is 0 Å². The highest BCUT2D eigenvalue weighted by molar-refractivity contribution is 8.13. The lowest BCUT2D eigenvalue weighted by Crippen LogP contribution is -1.97. The third-order valence-electron chi connectivity index (χ3n) is 1.39. The monoisotopic (exact) mass is 218 g/mol. The van der Waals surface area contributed by atoms with Gasteiger partial charge in [-0.3, -0.25) is 0 Å². The molecule has 2 aromatic rings. The second kappa shape index (κ2) is 2.64. The molecule has 0 aromatic carbocycles. The molecule has 0 aliphatic carbocycles. The van der Waals surface area contributed by atoms with Gasteiger partial charge in [0.25, 0.3) is 14.8 Å². The molecule has 0 amide bonds. The van der Waals surface area contributed by atoms with Crippen LogP contribution < -0.4 is 0 Å². The van der Waals surface area contributed by atoms with Gasteiger partial charge in [0.05, 0.1) is 12.4 Å². The van der Waals surface area contributed by atoms with Crippen molar-refractivity contribution in [3.05, 3.63) is 18.7 Å². The van der Waals surface area contributed by atoms with Gasteiger partial charge in [-0.1, -0.05) is 0 Å². The maximum Gasteiger partial charge on any atom is 0.264 e. The second-order valence-electron chi connectivity index (χ2n) is 2.23. The lowest BCUT2D eigenvalue weighted by Gasteiger charge is -1.94. The fourth-order valence-electron chi connectivity index (χ4n) is 0.829. The summed E-state index contributed by atoms with van der Waals surface area (Å²) < 4.78 is 23.0. The number of hydrogen-bond acceptors (Lipinski definition) is 5. The summed E-state index contributed by atoms with van der Waals surface area (Å²) in [6, 6.07) is 0. The molecule has 2 rings (SSSR count). The Morgan fingerprint density at radius 1 is 1.38 bits per heavy atom. The Morgan fingerprint density at radius 2 is 2.15 bits per heavy atom. The van der Waals surface area contributed by atoms with Gasteiger partial charge in [0.1, 0.15) is 11.2 Å². The van der Waals surface area contributed by atoms with Crippen molar-refractivity contribution in [1.82, 2.24) is 19.6 Å². The third kappa shape index (κ3) is 1.47. The number of hydrogen-bond donors (Lipinski definition) is 0. The summed E-state index contributed by atoms with van der Waals surface area (Å²) in [5, 5.41) is 3.71. The molecule has 6 nitrogen and oxygen atoms in total. The Labute approximate surface area is 77.6 Å². The Bertz CT molecular complexity index is 548. The van der Waals surface area contributed by atoms with E-state index >= 15 is 0 Å². The van der Waals surface area contributed by atoms with Crippen molar-refractivity contribution < 1.29 is 8.42 Å². The van der Waals surface area contributed by atoms with Crippen LogP contribution in [0.5, 0.6) is 0 Å². The van der Waals surface area contributed by atoms with E-state index in [2.05, 4.69) is 15.1 Å². The van der Waals surface area contributed by atoms with Gasteiger partial charge in [0.15, 0.2) is 0 Å². The lowest BCUT2D eigenvalue weighted by atomic mass is 10.7. The third-order valence-corrected chi connectivity index (χ3v) is 2.70. The summed E-state index contributed by atoms with van der Waals surface area (Å²) in [4.78, 5) is 7.37. The molecule has 8 heteroatoms. The molecule has 0 spiro atoms. The molecule has 0 aliphatic rings. The van der Waals surface area contributed by atoms with E-state index in [4.69, 9.17) is 10.7 Å². The fourth-order valence-corrected chi connectivity index (χ4v) is 1.47. The lowest BCUT2D eigenvalue weighted by molar-refractivity contribution is 0.608. The summed E-state index contributed by atoms with van der Waals surface area (Å²) in [6.45, 7) is 0. The molecule has 0 radical (unpaired) electrons. The van der Waals surface area contributed by atoms with Gasteiger partial charge in [-0.05, 0) is 0 Å². The van der Waals surface area contributed by atoms with E-state index in [0.717, 1.165) is 6.20 Å². The van der Waals surface area contributed by atoms with E-state index in [1.54, 1.807) is 0 Å². The number of rotatable bonds is 1. The number of nitrogens with zero attached hydrogens (tertiary/aromatic N) is 4. The minimum Gasteiger partial charge on any atom is -0.218 e. The summed E-state index contributed by atoms with van der Waals surface area (Å²) in [7, 11) is 1.35. The van der Waals surface area contributed by atoms with Crippen molar-refractivity contribution in [2.45, 2.75) is 4.90 Å². The first-order valence-corrected chi connectivity index (χ1v) is 5.48. The van der Waals surface area contributed by atoms with E-state index in [-0.39, 0.29) is 4.90 Å². The topological polar surface area (TPSA) is 77.2 Å². The van der Waals surface area contributed by atoms with Gasteiger partial charge in [0, 0.05) is 10.7 Å². The van der Waals surface area contributed by atoms with Gasteiger partial charge in [0.2, 0.25) is 0 Å². The molecule has 2 heterocycles. The molecule has 0 saturated heterocycles. The van der Waals surface area contributed by atoms with Gasteiger partial charge >= 0.3 is 0 Å². The highest BCUT2D eigenvalue weighted by Gasteiger charge is 2.11. The van der Waals surface area contributed by atoms with Gasteiger partial charge in [-0.25, -0.2) is 17.9 Å². The van der Waals surface area contributed by atoms with Gasteiger partial charge in [-0.2, -0.15) is 10.1 Å². The summed E-state index contributed by atoms with van der Waals surface area (Å²) in [6.07, 6.45) is 3.65. The van der Waals surface area contributed by atoms with Crippen LogP contribution in [0.25, 0.3) is 5.78 Å². The minimum absolute atomic E-state index is 0.104. The molecule has 68 valence electrons. The number of fused-ring (bicyclic) bond motifs is 1. The molecule has 0 aliphatic heterocycles. The molecular weight excluding hydrogens is 216 g/mol. The standard InChI is InChI=1S/C5H3ClN4O2S/c6-13(11,12)4-1-7-5-8-3-9-10(5)2-4/h1-3H. The average Bonchev–Trinajstić information content (AvgIpc) is 2.47. The molecule has 0 unspecified atom stereocenters. The van der Waals surface area contributed by atoms with Crippen LogP contribution in [-0.4, -0.2) is 28.0 Å². The zero-order valence-electron chi connectivity index (χ0n) is 6.12. The molecule has 0 bridgehead atoms. The predicted octanol–water partition coefficient (Wildman–Crippen LogP) is 0.0518. The highest BCUT2D eigenvalue weighted by atomic mass is 35.7. The van der Waals surface area contributed by atoms with Crippen LogP contribution in [0.3, 0.4) is 0 Å². The molecule has 0 N–H and O–H groups in total. The van der Waals surface area contributed by atoms with Crippen LogP contribution in [0.1, 0.15) is 0 Å². The van der Waals surface area contributed by atoms with Crippen molar-refractivity contribution in [2.24, 2.45) is 0 Å². The molecule has 2 aromatic heterocycles. The number of halogens is 1. The van der Waals surface area contributed by atoms with E-state index in [0.29, 0.717) is 5.78 Å². The molecular formula is C5H3ClN4O2S. The van der Waals surface area contributed by atoms with E-state index in [9.17, 15) is 8.42 Å². The van der Waals surface area contributed by atoms with Crippen molar-refractivity contribution in [3.63, 3.8) is 0 Å². The van der Waals surface area contributed by atoms with Crippen molar-refractivity contribution >= 4 is 25.5 Å². The van der Waals surface area contributed by atoms with Gasteiger partial charge < -0.3 is 0 Å². The second-order valence-corrected chi connectivity index (χ2v) is 4.80. The summed E-state index contributed by atoms with van der Waals surface area (Å²) >= 11 is 0. The Kier molecular flexibility index (Phi) is 1.70. The molecule has 0 fully saturated rings. The van der Waals surface area contributed by atoms with Crippen LogP contribution >= 0.6 is 10.7 Å². The van der Waals surface area contributed by atoms with Crippen molar-refractivity contribution in [3.8, 4) is 0 Å². The SMILES string of the molecule is O=S(=O)(Cl)c1cnc2ncnn2c1. The first kappa shape index (κ1) is 8.39. The van der Waals surface area contributed by atoms with Crippen LogP contribution in [0, 0.1) is 0 Å². The molecule has 13 heavy (non-hydrogen) atoms. The predicted molar refractivity (Wildman–Crippen MR) is 43.8 cm³/mol. The minimum atomic E-state index is -3.75. The maximum atomic E-state index is 10.9. The summed E-state index contributed by atoms with van der Waals surface area (Å²) in [5.41, 5.74) is 0. The van der Waals surface area contributed by atoms with E-state index in [1.165, 1.54) is 17.0 Å². The maximum absolute atomic E-state index is 10.9. The quantitative estimate of drug-likeness (QED) is 0.632. The van der Waals surface area contributed by atoms with Crippen LogP contribution in [0.15, 0.2) is 23.6 Å². The Balaban J connectivity index is 2.75. The van der Waals surface area contributed by atoms with E-state index in [1.807, 2.05) is 0 Å². The zero-order chi connectivity index (χ0) is 9.47. The zero-order valence-corrected chi connectivity index (χ0v) is 7.70. The first-order chi connectivity index (χ1) is 6.07. The number of aromatic nitrogens is 4.